The molecule has 0 fully saturated rings. The number of hydrogen-bond acceptors (Lipinski definition) is 3. The molecule has 2 rings (SSSR count). The fraction of sp³-hybridized carbons (Fsp3) is 0.235. The van der Waals surface area contributed by atoms with E-state index >= 15 is 0 Å². The van der Waals surface area contributed by atoms with Gasteiger partial charge in [-0.1, -0.05) is 12.1 Å². The first-order chi connectivity index (χ1) is 11.3. The van der Waals surface area contributed by atoms with Gasteiger partial charge >= 0.3 is 6.61 Å². The van der Waals surface area contributed by atoms with Crippen molar-refractivity contribution in [3.8, 4) is 5.75 Å². The summed E-state index contributed by atoms with van der Waals surface area (Å²) in [6.07, 6.45) is 0. The molecule has 128 valence electrons. The molecule has 0 bridgehead atoms. The van der Waals surface area contributed by atoms with E-state index in [2.05, 4.69) is 10.1 Å². The van der Waals surface area contributed by atoms with Crippen LogP contribution in [0.4, 0.5) is 18.9 Å². The van der Waals surface area contributed by atoms with Crippen molar-refractivity contribution in [3.63, 3.8) is 0 Å². The van der Waals surface area contributed by atoms with Gasteiger partial charge in [-0.3, -0.25) is 4.79 Å². The molecule has 1 amide bonds. The van der Waals surface area contributed by atoms with Crippen molar-refractivity contribution in [2.75, 3.05) is 19.4 Å². The molecule has 0 saturated heterocycles. The Labute approximate surface area is 137 Å². The van der Waals surface area contributed by atoms with Crippen molar-refractivity contribution < 1.29 is 22.7 Å². The maximum absolute atomic E-state index is 13.7. The smallest absolute Gasteiger partial charge is 0.387 e. The summed E-state index contributed by atoms with van der Waals surface area (Å²) < 4.78 is 41.9. The number of hydrogen-bond donors (Lipinski definition) is 1. The van der Waals surface area contributed by atoms with Crippen LogP contribution in [-0.4, -0.2) is 31.5 Å². The largest absolute Gasteiger partial charge is 0.432 e. The molecule has 0 saturated carbocycles. The number of nitrogens with zero attached hydrogens (tertiary/aromatic N) is 1. The summed E-state index contributed by atoms with van der Waals surface area (Å²) in [6, 6.07) is 10.3. The highest BCUT2D eigenvalue weighted by Gasteiger charge is 2.14. The highest BCUT2D eigenvalue weighted by Crippen LogP contribution is 2.21. The Morgan fingerprint density at radius 2 is 1.96 bits per heavy atom. The number of halogens is 3. The summed E-state index contributed by atoms with van der Waals surface area (Å²) in [5.41, 5.74) is 1.57. The molecule has 0 radical (unpaired) electrons. The van der Waals surface area contributed by atoms with E-state index < -0.39 is 24.1 Å². The molecule has 0 aromatic heterocycles. The number of carbonyl (C=O) groups is 1. The van der Waals surface area contributed by atoms with Crippen LogP contribution in [0, 0.1) is 5.82 Å². The third-order valence-electron chi connectivity index (χ3n) is 3.09. The molecule has 0 heterocycles. The van der Waals surface area contributed by atoms with Crippen molar-refractivity contribution in [2.24, 2.45) is 0 Å². The summed E-state index contributed by atoms with van der Waals surface area (Å²) >= 11 is 0. The van der Waals surface area contributed by atoms with Crippen LogP contribution in [0.1, 0.15) is 15.9 Å². The van der Waals surface area contributed by atoms with Crippen LogP contribution in [0.2, 0.25) is 0 Å². The topological polar surface area (TPSA) is 41.6 Å². The van der Waals surface area contributed by atoms with Crippen molar-refractivity contribution in [2.45, 2.75) is 13.2 Å². The van der Waals surface area contributed by atoms with Crippen LogP contribution in [0.15, 0.2) is 42.5 Å². The van der Waals surface area contributed by atoms with Crippen LogP contribution < -0.4 is 10.1 Å². The van der Waals surface area contributed by atoms with Crippen LogP contribution >= 0.6 is 0 Å². The van der Waals surface area contributed by atoms with E-state index in [9.17, 15) is 18.0 Å². The minimum atomic E-state index is -3.13. The standard InChI is InChI=1S/C17H17F3N2O2/c1-22(2)10-11-4-3-5-13(8-11)21-16(23)12-6-7-15(14(18)9-12)24-17(19)20/h3-9,17H,10H2,1-2H3,(H,21,23). The minimum Gasteiger partial charge on any atom is -0.432 e. The van der Waals surface area contributed by atoms with E-state index in [-0.39, 0.29) is 5.56 Å². The van der Waals surface area contributed by atoms with Gasteiger partial charge in [-0.15, -0.1) is 0 Å². The highest BCUT2D eigenvalue weighted by molar-refractivity contribution is 6.04. The van der Waals surface area contributed by atoms with Crippen LogP contribution in [0.25, 0.3) is 0 Å². The Balaban J connectivity index is 2.11. The van der Waals surface area contributed by atoms with E-state index in [1.807, 2.05) is 31.1 Å². The summed E-state index contributed by atoms with van der Waals surface area (Å²) in [5.74, 6) is -2.17. The second kappa shape index (κ2) is 7.83. The van der Waals surface area contributed by atoms with E-state index in [0.29, 0.717) is 12.2 Å². The van der Waals surface area contributed by atoms with Crippen molar-refractivity contribution in [3.05, 3.63) is 59.4 Å². The zero-order chi connectivity index (χ0) is 17.7. The summed E-state index contributed by atoms with van der Waals surface area (Å²) in [5, 5.41) is 2.65. The molecular formula is C17H17F3N2O2. The number of amides is 1. The van der Waals surface area contributed by atoms with Crippen LogP contribution in [0.3, 0.4) is 0 Å². The predicted molar refractivity (Wildman–Crippen MR) is 84.8 cm³/mol. The van der Waals surface area contributed by atoms with Crippen molar-refractivity contribution in [1.82, 2.24) is 4.90 Å². The lowest BCUT2D eigenvalue weighted by molar-refractivity contribution is -0.0521. The van der Waals surface area contributed by atoms with Gasteiger partial charge in [-0.2, -0.15) is 8.78 Å². The monoisotopic (exact) mass is 338 g/mol. The maximum atomic E-state index is 13.7. The highest BCUT2D eigenvalue weighted by atomic mass is 19.3. The molecule has 24 heavy (non-hydrogen) atoms. The minimum absolute atomic E-state index is 0.00660. The Morgan fingerprint density at radius 1 is 1.21 bits per heavy atom. The van der Waals surface area contributed by atoms with Gasteiger partial charge in [0.05, 0.1) is 0 Å². The van der Waals surface area contributed by atoms with Gasteiger partial charge in [0.1, 0.15) is 0 Å². The second-order valence-electron chi connectivity index (χ2n) is 5.42. The van der Waals surface area contributed by atoms with Gasteiger partial charge in [0.15, 0.2) is 11.6 Å². The molecular weight excluding hydrogens is 321 g/mol. The zero-order valence-corrected chi connectivity index (χ0v) is 13.2. The predicted octanol–water partition coefficient (Wildman–Crippen LogP) is 3.74. The average Bonchev–Trinajstić information content (AvgIpc) is 2.48. The van der Waals surface area contributed by atoms with Gasteiger partial charge < -0.3 is 15.0 Å². The number of nitrogens with one attached hydrogen (secondary N) is 1. The lowest BCUT2D eigenvalue weighted by Gasteiger charge is -2.12. The Morgan fingerprint density at radius 3 is 2.58 bits per heavy atom. The van der Waals surface area contributed by atoms with Crippen LogP contribution in [0.5, 0.6) is 5.75 Å². The molecule has 0 aliphatic heterocycles. The molecule has 4 nitrogen and oxygen atoms in total. The lowest BCUT2D eigenvalue weighted by Crippen LogP contribution is -2.14. The number of carbonyl (C=O) groups excluding carboxylic acids is 1. The Kier molecular flexibility index (Phi) is 5.81. The Hall–Kier alpha value is -2.54. The number of anilines is 1. The first-order valence-electron chi connectivity index (χ1n) is 7.14. The Bertz CT molecular complexity index is 721. The third kappa shape index (κ3) is 4.99. The molecule has 0 spiro atoms. The second-order valence-corrected chi connectivity index (χ2v) is 5.42. The molecule has 0 atom stereocenters. The first kappa shape index (κ1) is 17.8. The third-order valence-corrected chi connectivity index (χ3v) is 3.09. The molecule has 2 aromatic carbocycles. The van der Waals surface area contributed by atoms with Crippen LogP contribution in [-0.2, 0) is 6.54 Å². The summed E-state index contributed by atoms with van der Waals surface area (Å²) in [4.78, 5) is 14.1. The molecule has 2 aromatic rings. The van der Waals surface area contributed by atoms with Gasteiger partial charge in [-0.05, 0) is 50.0 Å². The molecule has 1 N–H and O–H groups in total. The van der Waals surface area contributed by atoms with Gasteiger partial charge in [0.25, 0.3) is 5.91 Å². The number of alkyl halides is 2. The van der Waals surface area contributed by atoms with Crippen molar-refractivity contribution >= 4 is 11.6 Å². The normalized spacial score (nSPS) is 11.0. The number of ether oxygens (including phenoxy) is 1. The molecule has 0 aliphatic carbocycles. The molecule has 0 aliphatic rings. The van der Waals surface area contributed by atoms with E-state index in [1.54, 1.807) is 12.1 Å². The fourth-order valence-corrected chi connectivity index (χ4v) is 2.15. The maximum Gasteiger partial charge on any atom is 0.387 e. The van der Waals surface area contributed by atoms with Gasteiger partial charge in [0, 0.05) is 17.8 Å². The SMILES string of the molecule is CN(C)Cc1cccc(NC(=O)c2ccc(OC(F)F)c(F)c2)c1. The molecule has 0 unspecified atom stereocenters. The average molecular weight is 338 g/mol. The van der Waals surface area contributed by atoms with Gasteiger partial charge in [0.2, 0.25) is 0 Å². The summed E-state index contributed by atoms with van der Waals surface area (Å²) in [7, 11) is 3.86. The quantitative estimate of drug-likeness (QED) is 0.872. The van der Waals surface area contributed by atoms with E-state index in [4.69, 9.17) is 0 Å². The number of benzene rings is 2. The lowest BCUT2D eigenvalue weighted by atomic mass is 10.1. The zero-order valence-electron chi connectivity index (χ0n) is 13.2. The molecule has 7 heteroatoms. The summed E-state index contributed by atoms with van der Waals surface area (Å²) in [6.45, 7) is -2.42. The van der Waals surface area contributed by atoms with E-state index in [0.717, 1.165) is 17.7 Å². The number of rotatable bonds is 6. The van der Waals surface area contributed by atoms with E-state index in [1.165, 1.54) is 6.07 Å². The van der Waals surface area contributed by atoms with Gasteiger partial charge in [-0.25, -0.2) is 4.39 Å². The first-order valence-corrected chi connectivity index (χ1v) is 7.14. The van der Waals surface area contributed by atoms with Crippen molar-refractivity contribution in [1.29, 1.82) is 0 Å². The fourth-order valence-electron chi connectivity index (χ4n) is 2.15.